The molecule has 4 bridgehead atoms. The van der Waals surface area contributed by atoms with Crippen molar-refractivity contribution in [2.45, 2.75) is 43.7 Å². The molecule has 4 saturated carbocycles. The maximum absolute atomic E-state index is 11.5. The molecule has 0 aromatic carbocycles. The molecule has 0 radical (unpaired) electrons. The van der Waals surface area contributed by atoms with Crippen LogP contribution in [0.15, 0.2) is 27.8 Å². The van der Waals surface area contributed by atoms with Gasteiger partial charge in [0.05, 0.1) is 16.9 Å². The molecule has 140 valence electrons. The maximum Gasteiger partial charge on any atom is 0.439 e. The number of aromatic amines is 2. The Hall–Kier alpha value is -2.61. The van der Waals surface area contributed by atoms with Crippen LogP contribution < -0.4 is 11.1 Å². The van der Waals surface area contributed by atoms with Crippen molar-refractivity contribution in [3.63, 3.8) is 0 Å². The van der Waals surface area contributed by atoms with E-state index in [2.05, 4.69) is 25.4 Å². The number of fused-ring (bicyclic) bond motifs is 1. The van der Waals surface area contributed by atoms with Crippen LogP contribution in [0.2, 0.25) is 0 Å². The molecule has 3 heterocycles. The summed E-state index contributed by atoms with van der Waals surface area (Å²) in [5.74, 6) is 1.38. The number of nitrogens with one attached hydrogen (secondary N) is 3. The van der Waals surface area contributed by atoms with E-state index in [1.807, 2.05) is 12.3 Å². The van der Waals surface area contributed by atoms with Crippen molar-refractivity contribution < 1.29 is 9.63 Å². The Bertz CT molecular complexity index is 1070. The van der Waals surface area contributed by atoms with Gasteiger partial charge in [-0.05, 0) is 55.9 Å². The van der Waals surface area contributed by atoms with Gasteiger partial charge in [-0.15, -0.1) is 0 Å². The Balaban J connectivity index is 1.44. The molecular weight excluding hydrogens is 346 g/mol. The zero-order valence-electron chi connectivity index (χ0n) is 14.7. The summed E-state index contributed by atoms with van der Waals surface area (Å²) in [7, 11) is 0. The average Bonchev–Trinajstić information content (AvgIpc) is 3.25. The number of nitrogens with zero attached hydrogens (tertiary/aromatic N) is 2. The summed E-state index contributed by atoms with van der Waals surface area (Å²) in [4.78, 5) is 21.7. The molecule has 8 heteroatoms. The van der Waals surface area contributed by atoms with Gasteiger partial charge in [-0.2, -0.15) is 0 Å². The summed E-state index contributed by atoms with van der Waals surface area (Å²) >= 11 is 0. The van der Waals surface area contributed by atoms with Crippen LogP contribution in [0.25, 0.3) is 22.4 Å². The monoisotopic (exact) mass is 367 g/mol. The van der Waals surface area contributed by atoms with Crippen molar-refractivity contribution in [3.05, 3.63) is 29.0 Å². The zero-order chi connectivity index (χ0) is 18.2. The molecule has 0 saturated heterocycles. The summed E-state index contributed by atoms with van der Waals surface area (Å²) < 4.78 is 4.71. The lowest BCUT2D eigenvalue weighted by Gasteiger charge is -2.58. The van der Waals surface area contributed by atoms with E-state index >= 15 is 0 Å². The van der Waals surface area contributed by atoms with Crippen molar-refractivity contribution in [2.75, 3.05) is 5.32 Å². The number of hydrogen-bond acceptors (Lipinski definition) is 6. The van der Waals surface area contributed by atoms with Crippen LogP contribution in [-0.4, -0.2) is 36.9 Å². The van der Waals surface area contributed by atoms with E-state index in [4.69, 9.17) is 4.52 Å². The highest BCUT2D eigenvalue weighted by molar-refractivity contribution is 5.97. The molecule has 0 aliphatic heterocycles. The highest BCUT2D eigenvalue weighted by Crippen LogP contribution is 2.56. The van der Waals surface area contributed by atoms with Crippen LogP contribution in [0.1, 0.15) is 32.1 Å². The van der Waals surface area contributed by atoms with Gasteiger partial charge in [0.1, 0.15) is 5.65 Å². The molecule has 4 aliphatic rings. The second-order valence-electron chi connectivity index (χ2n) is 8.59. The number of pyridine rings is 1. The summed E-state index contributed by atoms with van der Waals surface area (Å²) in [5, 5.41) is 19.4. The van der Waals surface area contributed by atoms with Gasteiger partial charge in [0.15, 0.2) is 5.82 Å². The molecule has 4 fully saturated rings. The Morgan fingerprint density at radius 1 is 1.26 bits per heavy atom. The fourth-order valence-corrected chi connectivity index (χ4v) is 6.07. The van der Waals surface area contributed by atoms with Gasteiger partial charge in [-0.1, -0.05) is 5.16 Å². The first-order valence-electron chi connectivity index (χ1n) is 9.59. The first-order valence-corrected chi connectivity index (χ1v) is 9.59. The van der Waals surface area contributed by atoms with E-state index in [0.29, 0.717) is 29.6 Å². The lowest BCUT2D eigenvalue weighted by Crippen LogP contribution is -2.59. The minimum atomic E-state index is -0.582. The Morgan fingerprint density at radius 3 is 2.78 bits per heavy atom. The smallest absolute Gasteiger partial charge is 0.390 e. The Morgan fingerprint density at radius 2 is 2.07 bits per heavy atom. The van der Waals surface area contributed by atoms with E-state index in [1.165, 1.54) is 12.8 Å². The van der Waals surface area contributed by atoms with Crippen LogP contribution in [0.5, 0.6) is 0 Å². The van der Waals surface area contributed by atoms with Gasteiger partial charge in [-0.3, -0.25) is 9.51 Å². The molecule has 4 aliphatic carbocycles. The fourth-order valence-electron chi connectivity index (χ4n) is 6.07. The average molecular weight is 367 g/mol. The fraction of sp³-hybridized carbons (Fsp3) is 0.526. The quantitative estimate of drug-likeness (QED) is 0.564. The molecule has 27 heavy (non-hydrogen) atoms. The molecule has 3 aromatic heterocycles. The predicted octanol–water partition coefficient (Wildman–Crippen LogP) is 2.26. The van der Waals surface area contributed by atoms with E-state index in [-0.39, 0.29) is 0 Å². The Kier molecular flexibility index (Phi) is 2.99. The van der Waals surface area contributed by atoms with Crippen molar-refractivity contribution in [2.24, 2.45) is 17.8 Å². The van der Waals surface area contributed by atoms with Crippen molar-refractivity contribution in [1.82, 2.24) is 20.1 Å². The largest absolute Gasteiger partial charge is 0.439 e. The molecule has 0 amide bonds. The number of rotatable bonds is 3. The highest BCUT2D eigenvalue weighted by Gasteiger charge is 2.54. The third-order valence-electron chi connectivity index (χ3n) is 6.83. The summed E-state index contributed by atoms with van der Waals surface area (Å²) in [6.07, 6.45) is 8.62. The van der Waals surface area contributed by atoms with Gasteiger partial charge in [0.2, 0.25) is 0 Å². The van der Waals surface area contributed by atoms with Gasteiger partial charge >= 0.3 is 5.76 Å². The lowest BCUT2D eigenvalue weighted by atomic mass is 9.52. The second kappa shape index (κ2) is 5.22. The predicted molar refractivity (Wildman–Crippen MR) is 98.1 cm³/mol. The van der Waals surface area contributed by atoms with Crippen LogP contribution in [0.3, 0.4) is 0 Å². The SMILES string of the molecule is O=c1[nH]c(-c2cnc3[nH]ccc3c2NC2C3CC4CC2CC(O)(C4)C3)no1. The number of anilines is 1. The third-order valence-corrected chi connectivity index (χ3v) is 6.83. The Labute approximate surface area is 154 Å². The standard InChI is InChI=1S/C19H21N5O3/c25-18-23-17(24-27-18)13-8-21-16-12(1-2-20-16)15(13)22-14-10-3-9-4-11(14)7-19(26,5-9)6-10/h1-2,8-11,14,26H,3-7H2,(H2,20,21,22)(H,23,24,25). The summed E-state index contributed by atoms with van der Waals surface area (Å²) in [6.45, 7) is 0. The summed E-state index contributed by atoms with van der Waals surface area (Å²) in [6, 6.07) is 2.29. The molecular formula is C19H21N5O3. The van der Waals surface area contributed by atoms with Gasteiger partial charge in [-0.25, -0.2) is 9.78 Å². The highest BCUT2D eigenvalue weighted by atomic mass is 16.5. The van der Waals surface area contributed by atoms with Gasteiger partial charge < -0.3 is 15.4 Å². The molecule has 7 rings (SSSR count). The molecule has 4 N–H and O–H groups in total. The topological polar surface area (TPSA) is 120 Å². The maximum atomic E-state index is 11.5. The minimum absolute atomic E-state index is 0.305. The summed E-state index contributed by atoms with van der Waals surface area (Å²) in [5.41, 5.74) is 1.96. The lowest BCUT2D eigenvalue weighted by molar-refractivity contribution is -0.129. The molecule has 8 nitrogen and oxygen atoms in total. The first-order chi connectivity index (χ1) is 13.1. The molecule has 2 atom stereocenters. The zero-order valence-corrected chi connectivity index (χ0v) is 14.7. The number of H-pyrrole nitrogens is 2. The van der Waals surface area contributed by atoms with Crippen LogP contribution >= 0.6 is 0 Å². The van der Waals surface area contributed by atoms with Crippen LogP contribution in [0.4, 0.5) is 5.69 Å². The number of hydrogen-bond donors (Lipinski definition) is 4. The van der Waals surface area contributed by atoms with Gasteiger partial charge in [0.25, 0.3) is 0 Å². The first kappa shape index (κ1) is 15.4. The second-order valence-corrected chi connectivity index (χ2v) is 8.59. The van der Waals surface area contributed by atoms with Crippen LogP contribution in [-0.2, 0) is 0 Å². The van der Waals surface area contributed by atoms with E-state index < -0.39 is 11.4 Å². The normalized spacial score (nSPS) is 34.4. The van der Waals surface area contributed by atoms with Crippen LogP contribution in [0, 0.1) is 17.8 Å². The van der Waals surface area contributed by atoms with E-state index in [0.717, 1.165) is 41.5 Å². The van der Waals surface area contributed by atoms with E-state index in [9.17, 15) is 9.90 Å². The van der Waals surface area contributed by atoms with Gasteiger partial charge in [0, 0.05) is 23.8 Å². The number of aromatic nitrogens is 4. The number of aliphatic hydroxyl groups is 1. The van der Waals surface area contributed by atoms with Crippen molar-refractivity contribution in [1.29, 1.82) is 0 Å². The minimum Gasteiger partial charge on any atom is -0.390 e. The third kappa shape index (κ3) is 2.29. The van der Waals surface area contributed by atoms with Crippen molar-refractivity contribution >= 4 is 16.7 Å². The molecule has 2 unspecified atom stereocenters. The van der Waals surface area contributed by atoms with E-state index in [1.54, 1.807) is 6.20 Å². The molecule has 3 aromatic rings. The molecule has 0 spiro atoms. The van der Waals surface area contributed by atoms with Crippen molar-refractivity contribution in [3.8, 4) is 11.4 Å².